The number of hydrogen-bond donors (Lipinski definition) is 1. The van der Waals surface area contributed by atoms with Crippen LogP contribution in [0.1, 0.15) is 50.7 Å². The Morgan fingerprint density at radius 1 is 1.14 bits per heavy atom. The lowest BCUT2D eigenvalue weighted by molar-refractivity contribution is 0.144. The summed E-state index contributed by atoms with van der Waals surface area (Å²) < 4.78 is 0. The molecule has 0 amide bonds. The van der Waals surface area contributed by atoms with Crippen molar-refractivity contribution in [2.75, 3.05) is 13.1 Å². The van der Waals surface area contributed by atoms with E-state index in [0.717, 1.165) is 31.0 Å². The van der Waals surface area contributed by atoms with E-state index in [1.165, 1.54) is 38.8 Å². The maximum absolute atomic E-state index is 3.81. The van der Waals surface area contributed by atoms with Crippen LogP contribution in [0.3, 0.4) is 0 Å². The fourth-order valence-electron chi connectivity index (χ4n) is 4.16. The van der Waals surface area contributed by atoms with E-state index in [9.17, 15) is 0 Å². The fourth-order valence-corrected chi connectivity index (χ4v) is 4.16. The molecule has 1 N–H and O–H groups in total. The Hall–Kier alpha value is -0.860. The predicted octanol–water partition coefficient (Wildman–Crippen LogP) is 3.81. The summed E-state index contributed by atoms with van der Waals surface area (Å²) in [5.74, 6) is 1.73. The highest BCUT2D eigenvalue weighted by molar-refractivity contribution is 5.30. The monoisotopic (exact) mass is 286 g/mol. The highest BCUT2D eigenvalue weighted by atomic mass is 15.1. The minimum absolute atomic E-state index is 0.741. The highest BCUT2D eigenvalue weighted by Crippen LogP contribution is 2.32. The molecule has 1 heterocycles. The molecule has 0 aromatic heterocycles. The second-order valence-electron chi connectivity index (χ2n) is 7.18. The minimum Gasteiger partial charge on any atom is -0.314 e. The topological polar surface area (TPSA) is 15.3 Å². The van der Waals surface area contributed by atoms with Crippen molar-refractivity contribution in [3.05, 3.63) is 35.4 Å². The number of nitrogens with zero attached hydrogens (tertiary/aromatic N) is 1. The Morgan fingerprint density at radius 3 is 2.52 bits per heavy atom. The van der Waals surface area contributed by atoms with Crippen LogP contribution in [0.25, 0.3) is 0 Å². The summed E-state index contributed by atoms with van der Waals surface area (Å²) >= 11 is 0. The second-order valence-corrected chi connectivity index (χ2v) is 7.18. The summed E-state index contributed by atoms with van der Waals surface area (Å²) in [5, 5.41) is 3.81. The summed E-state index contributed by atoms with van der Waals surface area (Å²) in [6.45, 7) is 9.45. The molecule has 1 aliphatic heterocycles. The molecule has 116 valence electrons. The number of hydrogen-bond acceptors (Lipinski definition) is 2. The maximum atomic E-state index is 3.81. The molecular formula is C19H30N2. The van der Waals surface area contributed by atoms with Crippen molar-refractivity contribution < 1.29 is 0 Å². The van der Waals surface area contributed by atoms with Gasteiger partial charge in [0.25, 0.3) is 0 Å². The van der Waals surface area contributed by atoms with Gasteiger partial charge in [-0.3, -0.25) is 4.90 Å². The van der Waals surface area contributed by atoms with Gasteiger partial charge in [0.15, 0.2) is 0 Å². The van der Waals surface area contributed by atoms with E-state index in [4.69, 9.17) is 0 Å². The molecule has 2 heteroatoms. The lowest BCUT2D eigenvalue weighted by atomic mass is 9.78. The summed E-state index contributed by atoms with van der Waals surface area (Å²) in [7, 11) is 0. The molecule has 2 aliphatic rings. The van der Waals surface area contributed by atoms with Crippen molar-refractivity contribution in [3.8, 4) is 0 Å². The number of rotatable bonds is 5. The van der Waals surface area contributed by atoms with E-state index >= 15 is 0 Å². The average Bonchev–Trinajstić information content (AvgIpc) is 2.88. The average molecular weight is 286 g/mol. The Bertz CT molecular complexity index is 430. The smallest absolute Gasteiger partial charge is 0.0240 e. The van der Waals surface area contributed by atoms with E-state index in [2.05, 4.69) is 48.3 Å². The predicted molar refractivity (Wildman–Crippen MR) is 89.1 cm³/mol. The molecule has 1 aliphatic carbocycles. The zero-order valence-electron chi connectivity index (χ0n) is 13.6. The zero-order valence-corrected chi connectivity index (χ0v) is 13.6. The van der Waals surface area contributed by atoms with Crippen LogP contribution in [0.2, 0.25) is 0 Å². The van der Waals surface area contributed by atoms with Crippen molar-refractivity contribution >= 4 is 0 Å². The molecule has 3 atom stereocenters. The van der Waals surface area contributed by atoms with E-state index in [1.54, 1.807) is 11.1 Å². The molecule has 0 saturated heterocycles. The first-order valence-electron chi connectivity index (χ1n) is 8.78. The van der Waals surface area contributed by atoms with Crippen LogP contribution in [0, 0.1) is 11.8 Å². The SMILES string of the molecule is CCCNC1CCC(C)CC1CN1Cc2ccccc2C1. The Labute approximate surface area is 129 Å². The van der Waals surface area contributed by atoms with Gasteiger partial charge in [-0.15, -0.1) is 0 Å². The molecule has 1 fully saturated rings. The van der Waals surface area contributed by atoms with Gasteiger partial charge in [0.05, 0.1) is 0 Å². The first-order valence-corrected chi connectivity index (χ1v) is 8.78. The molecular weight excluding hydrogens is 256 g/mol. The standard InChI is InChI=1S/C19H30N2/c1-3-10-20-19-9-8-15(2)11-18(19)14-21-12-16-6-4-5-7-17(16)13-21/h4-7,15,18-20H,3,8-14H2,1-2H3. The van der Waals surface area contributed by atoms with Gasteiger partial charge in [-0.2, -0.15) is 0 Å². The van der Waals surface area contributed by atoms with Gasteiger partial charge in [0.1, 0.15) is 0 Å². The van der Waals surface area contributed by atoms with Crippen LogP contribution in [0.5, 0.6) is 0 Å². The van der Waals surface area contributed by atoms with Gasteiger partial charge >= 0.3 is 0 Å². The number of fused-ring (bicyclic) bond motifs is 1. The third kappa shape index (κ3) is 3.67. The van der Waals surface area contributed by atoms with Gasteiger partial charge in [-0.05, 0) is 55.2 Å². The quantitative estimate of drug-likeness (QED) is 0.885. The zero-order chi connectivity index (χ0) is 14.7. The number of benzene rings is 1. The van der Waals surface area contributed by atoms with Crippen LogP contribution >= 0.6 is 0 Å². The summed E-state index contributed by atoms with van der Waals surface area (Å²) in [6.07, 6.45) is 5.41. The van der Waals surface area contributed by atoms with Gasteiger partial charge in [0, 0.05) is 25.7 Å². The summed E-state index contributed by atoms with van der Waals surface area (Å²) in [6, 6.07) is 9.69. The van der Waals surface area contributed by atoms with E-state index in [0.29, 0.717) is 0 Å². The van der Waals surface area contributed by atoms with Gasteiger partial charge in [-0.1, -0.05) is 38.1 Å². The maximum Gasteiger partial charge on any atom is 0.0240 e. The molecule has 21 heavy (non-hydrogen) atoms. The van der Waals surface area contributed by atoms with E-state index in [-0.39, 0.29) is 0 Å². The summed E-state index contributed by atoms with van der Waals surface area (Å²) in [4.78, 5) is 2.66. The van der Waals surface area contributed by atoms with E-state index in [1.807, 2.05) is 0 Å². The second kappa shape index (κ2) is 6.93. The lowest BCUT2D eigenvalue weighted by Crippen LogP contribution is -2.45. The van der Waals surface area contributed by atoms with Crippen LogP contribution in [-0.4, -0.2) is 24.0 Å². The molecule has 0 spiro atoms. The van der Waals surface area contributed by atoms with Crippen molar-refractivity contribution in [2.45, 2.75) is 58.7 Å². The first kappa shape index (κ1) is 15.1. The van der Waals surface area contributed by atoms with Crippen molar-refractivity contribution in [1.82, 2.24) is 10.2 Å². The van der Waals surface area contributed by atoms with Crippen LogP contribution in [0.15, 0.2) is 24.3 Å². The van der Waals surface area contributed by atoms with Crippen molar-refractivity contribution in [2.24, 2.45) is 11.8 Å². The highest BCUT2D eigenvalue weighted by Gasteiger charge is 2.31. The molecule has 2 nitrogen and oxygen atoms in total. The molecule has 1 saturated carbocycles. The molecule has 1 aromatic carbocycles. The first-order chi connectivity index (χ1) is 10.3. The molecule has 3 unspecified atom stereocenters. The molecule has 0 radical (unpaired) electrons. The normalized spacial score (nSPS) is 29.5. The van der Waals surface area contributed by atoms with Crippen LogP contribution in [-0.2, 0) is 13.1 Å². The Kier molecular flexibility index (Phi) is 4.97. The fraction of sp³-hybridized carbons (Fsp3) is 0.684. The van der Waals surface area contributed by atoms with Crippen molar-refractivity contribution in [1.29, 1.82) is 0 Å². The largest absolute Gasteiger partial charge is 0.314 e. The Balaban J connectivity index is 1.59. The van der Waals surface area contributed by atoms with Gasteiger partial charge < -0.3 is 5.32 Å². The number of nitrogens with one attached hydrogen (secondary N) is 1. The Morgan fingerprint density at radius 2 is 1.86 bits per heavy atom. The van der Waals surface area contributed by atoms with Crippen LogP contribution in [0.4, 0.5) is 0 Å². The third-order valence-electron chi connectivity index (χ3n) is 5.30. The minimum atomic E-state index is 0.741. The molecule has 0 bridgehead atoms. The molecule has 3 rings (SSSR count). The van der Waals surface area contributed by atoms with E-state index < -0.39 is 0 Å². The van der Waals surface area contributed by atoms with Crippen molar-refractivity contribution in [3.63, 3.8) is 0 Å². The summed E-state index contributed by atoms with van der Waals surface area (Å²) in [5.41, 5.74) is 3.08. The van der Waals surface area contributed by atoms with Gasteiger partial charge in [0.2, 0.25) is 0 Å². The molecule has 1 aromatic rings. The lowest BCUT2D eigenvalue weighted by Gasteiger charge is -2.37. The van der Waals surface area contributed by atoms with Gasteiger partial charge in [-0.25, -0.2) is 0 Å². The third-order valence-corrected chi connectivity index (χ3v) is 5.30. The van der Waals surface area contributed by atoms with Crippen LogP contribution < -0.4 is 5.32 Å².